The van der Waals surface area contributed by atoms with E-state index in [0.717, 1.165) is 0 Å². The molecule has 1 heterocycles. The molecule has 0 bridgehead atoms. The number of rotatable bonds is 13. The van der Waals surface area contributed by atoms with Crippen LogP contribution in [0.2, 0.25) is 0 Å². The van der Waals surface area contributed by atoms with Gasteiger partial charge in [0.05, 0.1) is 13.2 Å². The minimum atomic E-state index is -6.88. The summed E-state index contributed by atoms with van der Waals surface area (Å²) in [6.07, 6.45) is -16.6. The lowest BCUT2D eigenvalue weighted by Gasteiger charge is -2.39. The quantitative estimate of drug-likeness (QED) is 0.210. The molecular weight excluding hydrogens is 547 g/mol. The van der Waals surface area contributed by atoms with Gasteiger partial charge >= 0.3 is 23.9 Å². The SMILES string of the molecule is OC[C@H]1O[C@@H](Oc2ccc(OCCCCCCC(F)(F)C(F)(F)C(F)(F)C(F)(F)F)cc2)[C@H](O)[C@@H](O)[C@@H]1O. The van der Waals surface area contributed by atoms with Crippen LogP contribution in [-0.2, 0) is 4.74 Å². The molecule has 0 amide bonds. The Balaban J connectivity index is 1.73. The molecule has 1 saturated heterocycles. The summed E-state index contributed by atoms with van der Waals surface area (Å²) >= 11 is 0. The number of halogens is 9. The number of benzene rings is 1. The molecule has 7 nitrogen and oxygen atoms in total. The second kappa shape index (κ2) is 12.4. The Morgan fingerprint density at radius 1 is 0.711 bits per heavy atom. The number of hydrogen-bond donors (Lipinski definition) is 4. The van der Waals surface area contributed by atoms with E-state index in [9.17, 15) is 59.9 Å². The van der Waals surface area contributed by atoms with E-state index in [0.29, 0.717) is 5.75 Å². The molecule has 0 spiro atoms. The summed E-state index contributed by atoms with van der Waals surface area (Å²) in [5.74, 6) is -18.6. The molecule has 1 aromatic rings. The molecule has 2 rings (SSSR count). The molecular formula is C22H27F9O7. The molecule has 4 N–H and O–H groups in total. The Kier molecular flexibility index (Phi) is 10.5. The molecule has 0 aromatic heterocycles. The van der Waals surface area contributed by atoms with E-state index in [1.54, 1.807) is 0 Å². The van der Waals surface area contributed by atoms with Crippen LogP contribution in [0.25, 0.3) is 0 Å². The van der Waals surface area contributed by atoms with Crippen molar-refractivity contribution in [2.24, 2.45) is 0 Å². The van der Waals surface area contributed by atoms with E-state index in [4.69, 9.17) is 14.2 Å². The van der Waals surface area contributed by atoms with Crippen molar-refractivity contribution in [3.8, 4) is 11.5 Å². The summed E-state index contributed by atoms with van der Waals surface area (Å²) < 4.78 is 131. The predicted molar refractivity (Wildman–Crippen MR) is 110 cm³/mol. The number of aliphatic hydroxyl groups excluding tert-OH is 4. The Morgan fingerprint density at radius 2 is 1.26 bits per heavy atom. The predicted octanol–water partition coefficient (Wildman–Crippen LogP) is 3.66. The third-order valence-electron chi connectivity index (χ3n) is 5.79. The van der Waals surface area contributed by atoms with Gasteiger partial charge in [-0.1, -0.05) is 12.8 Å². The van der Waals surface area contributed by atoms with Crippen molar-refractivity contribution >= 4 is 0 Å². The van der Waals surface area contributed by atoms with Crippen molar-refractivity contribution in [2.45, 2.75) is 86.8 Å². The molecule has 0 saturated carbocycles. The van der Waals surface area contributed by atoms with Gasteiger partial charge in [0.15, 0.2) is 0 Å². The second-order valence-corrected chi connectivity index (χ2v) is 8.65. The second-order valence-electron chi connectivity index (χ2n) is 8.65. The van der Waals surface area contributed by atoms with E-state index < -0.39 is 74.1 Å². The Bertz CT molecular complexity index is 866. The highest BCUT2D eigenvalue weighted by Crippen LogP contribution is 2.54. The largest absolute Gasteiger partial charge is 0.494 e. The Morgan fingerprint density at radius 3 is 1.82 bits per heavy atom. The van der Waals surface area contributed by atoms with Crippen LogP contribution in [0.15, 0.2) is 24.3 Å². The maximum absolute atomic E-state index is 13.5. The lowest BCUT2D eigenvalue weighted by molar-refractivity contribution is -0.396. The highest BCUT2D eigenvalue weighted by atomic mass is 19.4. The molecule has 16 heteroatoms. The van der Waals surface area contributed by atoms with Crippen LogP contribution in [-0.4, -0.2) is 88.3 Å². The molecule has 1 aromatic carbocycles. The van der Waals surface area contributed by atoms with Crippen LogP contribution in [0, 0.1) is 0 Å². The molecule has 1 aliphatic rings. The normalized spacial score (nSPS) is 25.3. The highest BCUT2D eigenvalue weighted by molar-refractivity contribution is 5.31. The molecule has 220 valence electrons. The van der Waals surface area contributed by atoms with Gasteiger partial charge in [0.1, 0.15) is 35.9 Å². The lowest BCUT2D eigenvalue weighted by Crippen LogP contribution is -2.60. The van der Waals surface area contributed by atoms with E-state index in [-0.39, 0.29) is 31.6 Å². The first-order chi connectivity index (χ1) is 17.5. The van der Waals surface area contributed by atoms with Gasteiger partial charge in [-0.15, -0.1) is 0 Å². The maximum atomic E-state index is 13.5. The minimum absolute atomic E-state index is 0.0333. The third-order valence-corrected chi connectivity index (χ3v) is 5.79. The lowest BCUT2D eigenvalue weighted by atomic mass is 9.98. The first-order valence-corrected chi connectivity index (χ1v) is 11.4. The number of ether oxygens (including phenoxy) is 3. The van der Waals surface area contributed by atoms with Crippen molar-refractivity contribution in [1.82, 2.24) is 0 Å². The average molecular weight is 574 g/mol. The molecule has 0 aliphatic carbocycles. The summed E-state index contributed by atoms with van der Waals surface area (Å²) in [5.41, 5.74) is 0. The van der Waals surface area contributed by atoms with E-state index >= 15 is 0 Å². The van der Waals surface area contributed by atoms with Crippen LogP contribution in [0.3, 0.4) is 0 Å². The summed E-state index contributed by atoms with van der Waals surface area (Å²) in [7, 11) is 0. The van der Waals surface area contributed by atoms with Gasteiger partial charge in [-0.05, 0) is 37.1 Å². The van der Waals surface area contributed by atoms with Crippen molar-refractivity contribution in [1.29, 1.82) is 0 Å². The van der Waals surface area contributed by atoms with E-state index in [1.165, 1.54) is 24.3 Å². The summed E-state index contributed by atoms with van der Waals surface area (Å²) in [5, 5.41) is 38.7. The topological polar surface area (TPSA) is 109 Å². The Labute approximate surface area is 210 Å². The van der Waals surface area contributed by atoms with Crippen molar-refractivity contribution in [3.63, 3.8) is 0 Å². The maximum Gasteiger partial charge on any atom is 0.460 e. The monoisotopic (exact) mass is 574 g/mol. The molecule has 1 fully saturated rings. The van der Waals surface area contributed by atoms with Gasteiger partial charge in [0, 0.05) is 6.42 Å². The molecule has 38 heavy (non-hydrogen) atoms. The van der Waals surface area contributed by atoms with Gasteiger partial charge in [-0.2, -0.15) is 39.5 Å². The molecule has 1 aliphatic heterocycles. The summed E-state index contributed by atoms with van der Waals surface area (Å²) in [4.78, 5) is 0. The number of aliphatic hydroxyl groups is 4. The smallest absolute Gasteiger partial charge is 0.460 e. The van der Waals surface area contributed by atoms with Gasteiger partial charge in [0.2, 0.25) is 6.29 Å². The van der Waals surface area contributed by atoms with E-state index in [1.807, 2.05) is 0 Å². The first-order valence-electron chi connectivity index (χ1n) is 11.4. The zero-order valence-corrected chi connectivity index (χ0v) is 19.6. The van der Waals surface area contributed by atoms with Gasteiger partial charge in [-0.25, -0.2) is 0 Å². The zero-order chi connectivity index (χ0) is 28.9. The van der Waals surface area contributed by atoms with Gasteiger partial charge < -0.3 is 34.6 Å². The minimum Gasteiger partial charge on any atom is -0.494 e. The number of hydrogen-bond acceptors (Lipinski definition) is 7. The third kappa shape index (κ3) is 7.14. The van der Waals surface area contributed by atoms with Gasteiger partial charge in [0.25, 0.3) is 0 Å². The van der Waals surface area contributed by atoms with Crippen molar-refractivity contribution in [3.05, 3.63) is 24.3 Å². The molecule has 0 unspecified atom stereocenters. The van der Waals surface area contributed by atoms with Crippen LogP contribution in [0.4, 0.5) is 39.5 Å². The van der Waals surface area contributed by atoms with Crippen LogP contribution < -0.4 is 9.47 Å². The zero-order valence-electron chi connectivity index (χ0n) is 19.6. The molecule has 0 radical (unpaired) electrons. The first kappa shape index (κ1) is 32.2. The standard InChI is InChI=1S/C22H27F9O7/c23-19(24,20(25,26)21(27,28)22(29,30)31)9-3-1-2-4-10-36-12-5-7-13(8-6-12)37-18-17(35)16(34)15(33)14(11-32)38-18/h5-8,14-18,32-35H,1-4,9-11H2/t14-,15-,16+,17-,18-/m1/s1. The van der Waals surface area contributed by atoms with Crippen molar-refractivity contribution in [2.75, 3.05) is 13.2 Å². The summed E-state index contributed by atoms with van der Waals surface area (Å²) in [6, 6.07) is 5.66. The van der Waals surface area contributed by atoms with Crippen LogP contribution >= 0.6 is 0 Å². The van der Waals surface area contributed by atoms with Crippen molar-refractivity contribution < 1.29 is 74.2 Å². The number of unbranched alkanes of at least 4 members (excludes halogenated alkanes) is 3. The van der Waals surface area contributed by atoms with Crippen LogP contribution in [0.1, 0.15) is 32.1 Å². The Hall–Kier alpha value is -2.01. The fraction of sp³-hybridized carbons (Fsp3) is 0.727. The van der Waals surface area contributed by atoms with Gasteiger partial charge in [-0.3, -0.25) is 0 Å². The van der Waals surface area contributed by atoms with E-state index in [2.05, 4.69) is 0 Å². The fourth-order valence-electron chi connectivity index (χ4n) is 3.47. The average Bonchev–Trinajstić information content (AvgIpc) is 2.83. The molecule has 5 atom stereocenters. The highest BCUT2D eigenvalue weighted by Gasteiger charge is 2.81. The summed E-state index contributed by atoms with van der Waals surface area (Å²) in [6.45, 7) is -0.605. The van der Waals surface area contributed by atoms with Crippen LogP contribution in [0.5, 0.6) is 11.5 Å². The number of alkyl halides is 9. The fourth-order valence-corrected chi connectivity index (χ4v) is 3.47.